The van der Waals surface area contributed by atoms with Crippen LogP contribution in [0.4, 0.5) is 0 Å². The zero-order valence-electron chi connectivity index (χ0n) is 14.7. The third-order valence-electron chi connectivity index (χ3n) is 4.12. The Morgan fingerprint density at radius 1 is 0.682 bits per heavy atom. The first-order valence-corrected chi connectivity index (χ1v) is 9.20. The van der Waals surface area contributed by atoms with Gasteiger partial charge in [0.15, 0.2) is 0 Å². The molecule has 0 aliphatic heterocycles. The Balaban J connectivity index is 0. The van der Waals surface area contributed by atoms with Crippen molar-refractivity contribution < 1.29 is 15.1 Å². The number of unbranched alkanes of at least 4 members (excludes halogenated alkanes) is 14. The first-order chi connectivity index (χ1) is 10.3. The minimum Gasteiger partial charge on any atom is -0.412 e. The number of hydrogen-bond acceptors (Lipinski definition) is 3. The lowest BCUT2D eigenvalue weighted by Gasteiger charge is -2.03. The highest BCUT2D eigenvalue weighted by molar-refractivity contribution is 5.68. The van der Waals surface area contributed by atoms with Crippen LogP contribution in [-0.2, 0) is 9.63 Å². The molecule has 22 heavy (non-hydrogen) atoms. The van der Waals surface area contributed by atoms with Crippen molar-refractivity contribution in [1.82, 2.24) is 0 Å². The predicted octanol–water partition coefficient (Wildman–Crippen LogP) is 4.84. The highest BCUT2D eigenvalue weighted by atomic mass is 16.7. The van der Waals surface area contributed by atoms with Crippen LogP contribution in [0.5, 0.6) is 0 Å². The van der Waals surface area contributed by atoms with E-state index in [1.165, 1.54) is 83.5 Å². The van der Waals surface area contributed by atoms with Gasteiger partial charge in [0.2, 0.25) is 0 Å². The van der Waals surface area contributed by atoms with Crippen molar-refractivity contribution in [3.63, 3.8) is 0 Å². The highest BCUT2D eigenvalue weighted by Crippen LogP contribution is 2.13. The molecule has 0 aliphatic rings. The van der Waals surface area contributed by atoms with Gasteiger partial charge >= 0.3 is 5.97 Å². The summed E-state index contributed by atoms with van der Waals surface area (Å²) in [6, 6.07) is 0. The quantitative estimate of drug-likeness (QED) is 0.326. The van der Waals surface area contributed by atoms with E-state index in [1.54, 1.807) is 0 Å². The van der Waals surface area contributed by atoms with Gasteiger partial charge in [0.1, 0.15) is 0 Å². The van der Waals surface area contributed by atoms with Gasteiger partial charge in [-0.05, 0) is 6.42 Å². The normalized spacial score (nSPS) is 10.3. The SMILES string of the molecule is CCCCCCCCCCCCCCCCCC(=O)ON.O. The number of carbonyl (C=O) groups is 1. The molecular weight excluding hydrogens is 278 g/mol. The van der Waals surface area contributed by atoms with Crippen LogP contribution in [0.1, 0.15) is 110 Å². The molecule has 0 aromatic carbocycles. The van der Waals surface area contributed by atoms with E-state index in [4.69, 9.17) is 5.90 Å². The van der Waals surface area contributed by atoms with Gasteiger partial charge in [-0.15, -0.1) is 0 Å². The van der Waals surface area contributed by atoms with E-state index in [0.29, 0.717) is 6.42 Å². The van der Waals surface area contributed by atoms with Crippen LogP contribution >= 0.6 is 0 Å². The fraction of sp³-hybridized carbons (Fsp3) is 0.944. The molecule has 0 rings (SSSR count). The number of carbonyl (C=O) groups excluding carboxylic acids is 1. The lowest BCUT2D eigenvalue weighted by Crippen LogP contribution is -2.08. The fourth-order valence-electron chi connectivity index (χ4n) is 2.70. The summed E-state index contributed by atoms with van der Waals surface area (Å²) < 4.78 is 0. The topological polar surface area (TPSA) is 83.8 Å². The molecule has 0 unspecified atom stereocenters. The van der Waals surface area contributed by atoms with Crippen LogP contribution in [0.15, 0.2) is 0 Å². The first-order valence-electron chi connectivity index (χ1n) is 9.20. The standard InChI is InChI=1S/C18H37NO2.H2O/c1-2-3-4-5-6-7-8-9-10-11-12-13-14-15-16-17-18(20)21-19;/h2-17,19H2,1H3;1H2. The summed E-state index contributed by atoms with van der Waals surface area (Å²) in [5, 5.41) is 0. The van der Waals surface area contributed by atoms with Gasteiger partial charge in [-0.25, -0.2) is 0 Å². The van der Waals surface area contributed by atoms with E-state index < -0.39 is 0 Å². The van der Waals surface area contributed by atoms with Crippen molar-refractivity contribution in [3.8, 4) is 0 Å². The third kappa shape index (κ3) is 19.4. The molecular formula is C18H39NO3. The monoisotopic (exact) mass is 317 g/mol. The lowest BCUT2D eigenvalue weighted by molar-refractivity contribution is -0.144. The zero-order valence-corrected chi connectivity index (χ0v) is 14.7. The third-order valence-corrected chi connectivity index (χ3v) is 4.12. The van der Waals surface area contributed by atoms with Gasteiger partial charge in [-0.1, -0.05) is 96.8 Å². The summed E-state index contributed by atoms with van der Waals surface area (Å²) in [7, 11) is 0. The van der Waals surface area contributed by atoms with E-state index in [-0.39, 0.29) is 11.4 Å². The number of hydrogen-bond donors (Lipinski definition) is 1. The van der Waals surface area contributed by atoms with Crippen LogP contribution in [0.25, 0.3) is 0 Å². The maximum Gasteiger partial charge on any atom is 0.324 e. The summed E-state index contributed by atoms with van der Waals surface area (Å²) in [5.74, 6) is 4.50. The van der Waals surface area contributed by atoms with Crippen molar-refractivity contribution in [2.45, 2.75) is 110 Å². The summed E-state index contributed by atoms with van der Waals surface area (Å²) in [6.07, 6.45) is 20.5. The van der Waals surface area contributed by atoms with Gasteiger partial charge in [0, 0.05) is 6.42 Å². The Morgan fingerprint density at radius 3 is 1.32 bits per heavy atom. The second-order valence-corrected chi connectivity index (χ2v) is 6.19. The Morgan fingerprint density at radius 2 is 1.00 bits per heavy atom. The molecule has 0 radical (unpaired) electrons. The Bertz CT molecular complexity index is 222. The smallest absolute Gasteiger partial charge is 0.324 e. The Labute approximate surface area is 137 Å². The highest BCUT2D eigenvalue weighted by Gasteiger charge is 1.99. The number of rotatable bonds is 16. The van der Waals surface area contributed by atoms with Gasteiger partial charge in [0.05, 0.1) is 0 Å². The van der Waals surface area contributed by atoms with Crippen LogP contribution in [0.2, 0.25) is 0 Å². The minimum absolute atomic E-state index is 0. The first kappa shape index (κ1) is 23.7. The molecule has 0 bridgehead atoms. The minimum atomic E-state index is -0.287. The van der Waals surface area contributed by atoms with Crippen molar-refractivity contribution in [2.75, 3.05) is 0 Å². The van der Waals surface area contributed by atoms with Gasteiger partial charge in [-0.3, -0.25) is 4.79 Å². The average Bonchev–Trinajstić information content (AvgIpc) is 2.50. The van der Waals surface area contributed by atoms with Crippen molar-refractivity contribution in [3.05, 3.63) is 0 Å². The second kappa shape index (κ2) is 20.4. The van der Waals surface area contributed by atoms with E-state index >= 15 is 0 Å². The Hall–Kier alpha value is -0.610. The van der Waals surface area contributed by atoms with Crippen LogP contribution in [0, 0.1) is 0 Å². The molecule has 134 valence electrons. The molecule has 4 heteroatoms. The molecule has 4 nitrogen and oxygen atoms in total. The fourth-order valence-corrected chi connectivity index (χ4v) is 2.70. The van der Waals surface area contributed by atoms with Crippen molar-refractivity contribution >= 4 is 5.97 Å². The maximum absolute atomic E-state index is 10.8. The van der Waals surface area contributed by atoms with E-state index in [2.05, 4.69) is 11.8 Å². The lowest BCUT2D eigenvalue weighted by atomic mass is 10.0. The summed E-state index contributed by atoms with van der Waals surface area (Å²) in [4.78, 5) is 14.9. The molecule has 0 saturated heterocycles. The summed E-state index contributed by atoms with van der Waals surface area (Å²) in [5.41, 5.74) is 0. The van der Waals surface area contributed by atoms with Crippen molar-refractivity contribution in [2.24, 2.45) is 5.90 Å². The summed E-state index contributed by atoms with van der Waals surface area (Å²) >= 11 is 0. The van der Waals surface area contributed by atoms with E-state index in [0.717, 1.165) is 12.8 Å². The van der Waals surface area contributed by atoms with Gasteiger partial charge < -0.3 is 10.3 Å². The predicted molar refractivity (Wildman–Crippen MR) is 93.4 cm³/mol. The van der Waals surface area contributed by atoms with Crippen LogP contribution in [0.3, 0.4) is 0 Å². The Kier molecular flexibility index (Phi) is 21.9. The molecule has 0 fully saturated rings. The molecule has 0 aromatic rings. The molecule has 0 spiro atoms. The molecule has 0 aliphatic carbocycles. The van der Waals surface area contributed by atoms with E-state index in [1.807, 2.05) is 0 Å². The van der Waals surface area contributed by atoms with Crippen LogP contribution in [-0.4, -0.2) is 11.4 Å². The van der Waals surface area contributed by atoms with Crippen LogP contribution < -0.4 is 5.90 Å². The molecule has 0 atom stereocenters. The largest absolute Gasteiger partial charge is 0.412 e. The molecule has 0 aromatic heterocycles. The molecule has 4 N–H and O–H groups in total. The van der Waals surface area contributed by atoms with Gasteiger partial charge in [-0.2, -0.15) is 5.90 Å². The van der Waals surface area contributed by atoms with E-state index in [9.17, 15) is 4.79 Å². The molecule has 0 heterocycles. The number of nitrogens with two attached hydrogens (primary N) is 1. The maximum atomic E-state index is 10.8. The van der Waals surface area contributed by atoms with Crippen molar-refractivity contribution in [1.29, 1.82) is 0 Å². The zero-order chi connectivity index (χ0) is 15.6. The summed E-state index contributed by atoms with van der Waals surface area (Å²) in [6.45, 7) is 2.27. The molecule has 0 amide bonds. The van der Waals surface area contributed by atoms with Gasteiger partial charge in [0.25, 0.3) is 0 Å². The molecule has 0 saturated carbocycles. The average molecular weight is 318 g/mol. The second-order valence-electron chi connectivity index (χ2n) is 6.19.